The number of nitrogens with zero attached hydrogens (tertiary/aromatic N) is 1. The largest absolute Gasteiger partial charge is 0.481 e. The first-order valence-electron chi connectivity index (χ1n) is 7.11. The van der Waals surface area contributed by atoms with E-state index in [9.17, 15) is 14.7 Å². The van der Waals surface area contributed by atoms with Crippen molar-refractivity contribution in [1.82, 2.24) is 4.90 Å². The fraction of sp³-hybridized carbons (Fsp3) is 0.600. The first-order chi connectivity index (χ1) is 9.57. The van der Waals surface area contributed by atoms with Gasteiger partial charge in [-0.25, -0.2) is 0 Å². The first kappa shape index (κ1) is 14.6. The number of carboxylic acids is 1. The number of likely N-dealkylation sites (tertiary alicyclic amines) is 1. The average molecular weight is 279 g/mol. The zero-order chi connectivity index (χ0) is 14.6. The predicted octanol–water partition coefficient (Wildman–Crippen LogP) is 2.32. The van der Waals surface area contributed by atoms with Crippen LogP contribution in [0.4, 0.5) is 0 Å². The maximum absolute atomic E-state index is 12.1. The summed E-state index contributed by atoms with van der Waals surface area (Å²) in [7, 11) is 0. The van der Waals surface area contributed by atoms with E-state index in [2.05, 4.69) is 0 Å². The molecule has 110 valence electrons. The van der Waals surface area contributed by atoms with Crippen LogP contribution in [0.1, 0.15) is 38.4 Å². The third-order valence-electron chi connectivity index (χ3n) is 4.05. The minimum Gasteiger partial charge on any atom is -0.481 e. The smallest absolute Gasteiger partial charge is 0.311 e. The van der Waals surface area contributed by atoms with E-state index in [0.717, 1.165) is 12.2 Å². The van der Waals surface area contributed by atoms with Crippen molar-refractivity contribution >= 4 is 11.9 Å². The van der Waals surface area contributed by atoms with E-state index >= 15 is 0 Å². The molecule has 1 saturated heterocycles. The van der Waals surface area contributed by atoms with Gasteiger partial charge in [0.2, 0.25) is 5.91 Å². The van der Waals surface area contributed by atoms with Gasteiger partial charge in [0, 0.05) is 25.9 Å². The van der Waals surface area contributed by atoms with Gasteiger partial charge in [0.1, 0.15) is 5.76 Å². The van der Waals surface area contributed by atoms with E-state index in [1.807, 2.05) is 13.0 Å². The van der Waals surface area contributed by atoms with Crippen molar-refractivity contribution in [1.29, 1.82) is 0 Å². The SMILES string of the molecule is CCCC1(C(=O)O)CCN(C(=O)CCc2ccco2)C1. The minimum absolute atomic E-state index is 0.0145. The Hall–Kier alpha value is -1.78. The molecular weight excluding hydrogens is 258 g/mol. The molecule has 1 unspecified atom stereocenters. The van der Waals surface area contributed by atoms with Crippen LogP contribution in [0.2, 0.25) is 0 Å². The first-order valence-corrected chi connectivity index (χ1v) is 7.11. The van der Waals surface area contributed by atoms with Gasteiger partial charge in [-0.05, 0) is 25.0 Å². The number of amides is 1. The van der Waals surface area contributed by atoms with Crippen LogP contribution in [0.3, 0.4) is 0 Å². The van der Waals surface area contributed by atoms with Gasteiger partial charge in [0.25, 0.3) is 0 Å². The number of carboxylic acid groups (broad SMARTS) is 1. The van der Waals surface area contributed by atoms with Gasteiger partial charge in [-0.2, -0.15) is 0 Å². The Balaban J connectivity index is 1.90. The van der Waals surface area contributed by atoms with E-state index in [0.29, 0.717) is 38.8 Å². The molecule has 0 aromatic carbocycles. The van der Waals surface area contributed by atoms with Gasteiger partial charge >= 0.3 is 5.97 Å². The van der Waals surface area contributed by atoms with E-state index < -0.39 is 11.4 Å². The van der Waals surface area contributed by atoms with Crippen molar-refractivity contribution in [3.8, 4) is 0 Å². The lowest BCUT2D eigenvalue weighted by Gasteiger charge is -2.24. The summed E-state index contributed by atoms with van der Waals surface area (Å²) in [6.45, 7) is 2.86. The number of hydrogen-bond donors (Lipinski definition) is 1. The van der Waals surface area contributed by atoms with Crippen molar-refractivity contribution in [2.45, 2.75) is 39.0 Å². The number of furan rings is 1. The number of carbonyl (C=O) groups excluding carboxylic acids is 1. The highest BCUT2D eigenvalue weighted by Crippen LogP contribution is 2.35. The third kappa shape index (κ3) is 3.03. The summed E-state index contributed by atoms with van der Waals surface area (Å²) in [5, 5.41) is 9.42. The molecule has 0 bridgehead atoms. The molecule has 0 radical (unpaired) electrons. The molecule has 1 aliphatic rings. The van der Waals surface area contributed by atoms with E-state index in [1.165, 1.54) is 0 Å². The topological polar surface area (TPSA) is 70.8 Å². The number of rotatable bonds is 6. The van der Waals surface area contributed by atoms with Crippen molar-refractivity contribution in [3.63, 3.8) is 0 Å². The molecule has 1 amide bonds. The lowest BCUT2D eigenvalue weighted by molar-refractivity contribution is -0.149. The van der Waals surface area contributed by atoms with E-state index in [4.69, 9.17) is 4.42 Å². The number of hydrogen-bond acceptors (Lipinski definition) is 3. The van der Waals surface area contributed by atoms with Gasteiger partial charge in [0.15, 0.2) is 0 Å². The Labute approximate surface area is 118 Å². The van der Waals surface area contributed by atoms with Crippen LogP contribution in [-0.2, 0) is 16.0 Å². The van der Waals surface area contributed by atoms with Crippen molar-refractivity contribution in [3.05, 3.63) is 24.2 Å². The second-order valence-corrected chi connectivity index (χ2v) is 5.48. The Bertz CT molecular complexity index is 468. The fourth-order valence-corrected chi connectivity index (χ4v) is 2.89. The predicted molar refractivity (Wildman–Crippen MR) is 73.2 cm³/mol. The van der Waals surface area contributed by atoms with Crippen LogP contribution in [0, 0.1) is 5.41 Å². The van der Waals surface area contributed by atoms with Crippen molar-refractivity contribution in [2.75, 3.05) is 13.1 Å². The number of carbonyl (C=O) groups is 2. The number of aliphatic carboxylic acids is 1. The van der Waals surface area contributed by atoms with Crippen LogP contribution in [0.25, 0.3) is 0 Å². The summed E-state index contributed by atoms with van der Waals surface area (Å²) in [5.41, 5.74) is -0.741. The highest BCUT2D eigenvalue weighted by molar-refractivity contribution is 5.80. The minimum atomic E-state index is -0.777. The number of aryl methyl sites for hydroxylation is 1. The zero-order valence-corrected chi connectivity index (χ0v) is 11.8. The molecule has 1 aromatic heterocycles. The van der Waals surface area contributed by atoms with Crippen LogP contribution in [0.15, 0.2) is 22.8 Å². The average Bonchev–Trinajstić information content (AvgIpc) is 3.06. The third-order valence-corrected chi connectivity index (χ3v) is 4.05. The standard InChI is InChI=1S/C15H21NO4/c1-2-7-15(14(18)19)8-9-16(11-15)13(17)6-5-12-4-3-10-20-12/h3-4,10H,2,5-9,11H2,1H3,(H,18,19). The summed E-state index contributed by atoms with van der Waals surface area (Å²) in [4.78, 5) is 25.3. The molecule has 0 spiro atoms. The monoisotopic (exact) mass is 279 g/mol. The molecule has 20 heavy (non-hydrogen) atoms. The molecule has 0 aliphatic carbocycles. The molecule has 1 aromatic rings. The summed E-state index contributed by atoms with van der Waals surface area (Å²) in [6.07, 6.45) is 4.53. The highest BCUT2D eigenvalue weighted by Gasteiger charge is 2.45. The van der Waals surface area contributed by atoms with E-state index in [-0.39, 0.29) is 5.91 Å². The lowest BCUT2D eigenvalue weighted by Crippen LogP contribution is -2.37. The molecule has 1 N–H and O–H groups in total. The molecule has 2 heterocycles. The Morgan fingerprint density at radius 2 is 2.30 bits per heavy atom. The fourth-order valence-electron chi connectivity index (χ4n) is 2.89. The van der Waals surface area contributed by atoms with Gasteiger partial charge in [0.05, 0.1) is 11.7 Å². The van der Waals surface area contributed by atoms with Gasteiger partial charge in [-0.3, -0.25) is 9.59 Å². The van der Waals surface area contributed by atoms with Crippen LogP contribution < -0.4 is 0 Å². The molecule has 5 heteroatoms. The summed E-state index contributed by atoms with van der Waals surface area (Å²) in [5.74, 6) is 0.0249. The summed E-state index contributed by atoms with van der Waals surface area (Å²) >= 11 is 0. The van der Waals surface area contributed by atoms with Gasteiger partial charge in [-0.1, -0.05) is 13.3 Å². The van der Waals surface area contributed by atoms with Crippen LogP contribution in [-0.4, -0.2) is 35.0 Å². The second kappa shape index (κ2) is 6.11. The maximum atomic E-state index is 12.1. The normalized spacial score (nSPS) is 22.1. The molecule has 1 atom stereocenters. The van der Waals surface area contributed by atoms with Crippen LogP contribution >= 0.6 is 0 Å². The summed E-state index contributed by atoms with van der Waals surface area (Å²) in [6, 6.07) is 3.64. The molecule has 2 rings (SSSR count). The molecule has 1 aliphatic heterocycles. The highest BCUT2D eigenvalue weighted by atomic mass is 16.4. The van der Waals surface area contributed by atoms with E-state index in [1.54, 1.807) is 17.2 Å². The Kier molecular flexibility index (Phi) is 4.47. The zero-order valence-electron chi connectivity index (χ0n) is 11.8. The Morgan fingerprint density at radius 3 is 2.90 bits per heavy atom. The molecule has 5 nitrogen and oxygen atoms in total. The maximum Gasteiger partial charge on any atom is 0.311 e. The molecule has 1 fully saturated rings. The van der Waals surface area contributed by atoms with Gasteiger partial charge < -0.3 is 14.4 Å². The quantitative estimate of drug-likeness (QED) is 0.867. The molecule has 0 saturated carbocycles. The Morgan fingerprint density at radius 1 is 1.50 bits per heavy atom. The van der Waals surface area contributed by atoms with Crippen molar-refractivity contribution in [2.24, 2.45) is 5.41 Å². The molecular formula is C15H21NO4. The summed E-state index contributed by atoms with van der Waals surface area (Å²) < 4.78 is 5.20. The van der Waals surface area contributed by atoms with Crippen molar-refractivity contribution < 1.29 is 19.1 Å². The second-order valence-electron chi connectivity index (χ2n) is 5.48. The van der Waals surface area contributed by atoms with Crippen LogP contribution in [0.5, 0.6) is 0 Å². The lowest BCUT2D eigenvalue weighted by atomic mass is 9.83. The van der Waals surface area contributed by atoms with Gasteiger partial charge in [-0.15, -0.1) is 0 Å².